The summed E-state index contributed by atoms with van der Waals surface area (Å²) in [5.41, 5.74) is 8.81. The molecule has 3 rings (SSSR count). The molecular formula is C26H27NO5. The Morgan fingerprint density at radius 1 is 0.781 bits per heavy atom. The normalized spacial score (nSPS) is 12.0. The molecule has 0 bridgehead atoms. The van der Waals surface area contributed by atoms with Gasteiger partial charge in [-0.05, 0) is 39.9 Å². The topological polar surface area (TPSA) is 95.7 Å². The van der Waals surface area contributed by atoms with Crippen molar-refractivity contribution in [3.05, 3.63) is 71.8 Å². The van der Waals surface area contributed by atoms with Crippen molar-refractivity contribution in [2.24, 2.45) is 11.7 Å². The minimum absolute atomic E-state index is 0.0557. The van der Waals surface area contributed by atoms with Gasteiger partial charge in [0.05, 0.1) is 0 Å². The number of fused-ring (bicyclic) bond motifs is 1. The van der Waals surface area contributed by atoms with Crippen LogP contribution in [0.4, 0.5) is 0 Å². The molecule has 0 aromatic heterocycles. The molecule has 0 fully saturated rings. The summed E-state index contributed by atoms with van der Waals surface area (Å²) >= 11 is 0. The standard InChI is InChI=1S/C26H27NO5/c1-16(2)25(27)26(30)32-15-24(29)22-11-10-20-12-19(8-9-21(20)13-22)17-4-6-18(7-5-17)23(28)14-31-3/h4-13,16,25H,14-15,27H2,1-3H3/t25-/m0/s1. The first kappa shape index (κ1) is 23.3. The van der Waals surface area contributed by atoms with Gasteiger partial charge < -0.3 is 15.2 Å². The number of benzene rings is 3. The SMILES string of the molecule is COCC(=O)c1ccc(-c2ccc3cc(C(=O)COC(=O)[C@@H](N)C(C)C)ccc3c2)cc1. The fourth-order valence-electron chi connectivity index (χ4n) is 3.25. The number of esters is 1. The second-order valence-electron chi connectivity index (χ2n) is 8.01. The number of nitrogens with two attached hydrogens (primary N) is 1. The number of ether oxygens (including phenoxy) is 2. The zero-order valence-electron chi connectivity index (χ0n) is 18.5. The minimum Gasteiger partial charge on any atom is -0.456 e. The highest BCUT2D eigenvalue weighted by Gasteiger charge is 2.20. The van der Waals surface area contributed by atoms with E-state index in [0.29, 0.717) is 11.1 Å². The molecular weight excluding hydrogens is 406 g/mol. The number of carbonyl (C=O) groups is 3. The van der Waals surface area contributed by atoms with Crippen LogP contribution in [0.15, 0.2) is 60.7 Å². The van der Waals surface area contributed by atoms with Crippen molar-refractivity contribution in [2.75, 3.05) is 20.3 Å². The van der Waals surface area contributed by atoms with Crippen LogP contribution in [0.1, 0.15) is 34.6 Å². The summed E-state index contributed by atoms with van der Waals surface area (Å²) in [6.45, 7) is 3.36. The Bertz CT molecular complexity index is 1130. The lowest BCUT2D eigenvalue weighted by molar-refractivity contribution is -0.145. The number of methoxy groups -OCH3 is 1. The molecule has 0 heterocycles. The Kier molecular flexibility index (Phi) is 7.51. The zero-order chi connectivity index (χ0) is 23.3. The van der Waals surface area contributed by atoms with Gasteiger partial charge in [0.2, 0.25) is 0 Å². The molecule has 1 atom stereocenters. The average molecular weight is 434 g/mol. The van der Waals surface area contributed by atoms with Crippen molar-refractivity contribution in [1.82, 2.24) is 0 Å². The third-order valence-electron chi connectivity index (χ3n) is 5.31. The molecule has 0 aliphatic carbocycles. The highest BCUT2D eigenvalue weighted by molar-refractivity contribution is 6.02. The van der Waals surface area contributed by atoms with E-state index in [1.807, 2.05) is 50.2 Å². The molecule has 6 nitrogen and oxygen atoms in total. The molecule has 0 radical (unpaired) electrons. The minimum atomic E-state index is -0.745. The van der Waals surface area contributed by atoms with E-state index >= 15 is 0 Å². The fourth-order valence-corrected chi connectivity index (χ4v) is 3.25. The zero-order valence-corrected chi connectivity index (χ0v) is 18.5. The molecule has 32 heavy (non-hydrogen) atoms. The summed E-state index contributed by atoms with van der Waals surface area (Å²) in [5, 5.41) is 1.87. The average Bonchev–Trinajstić information content (AvgIpc) is 2.81. The van der Waals surface area contributed by atoms with Gasteiger partial charge >= 0.3 is 5.97 Å². The number of ketones is 2. The van der Waals surface area contributed by atoms with Crippen molar-refractivity contribution >= 4 is 28.3 Å². The van der Waals surface area contributed by atoms with E-state index in [1.54, 1.807) is 24.3 Å². The molecule has 6 heteroatoms. The summed E-state index contributed by atoms with van der Waals surface area (Å²) in [4.78, 5) is 36.2. The molecule has 0 unspecified atom stereocenters. The van der Waals surface area contributed by atoms with Gasteiger partial charge in [-0.2, -0.15) is 0 Å². The van der Waals surface area contributed by atoms with E-state index < -0.39 is 12.0 Å². The second kappa shape index (κ2) is 10.3. The van der Waals surface area contributed by atoms with Crippen molar-refractivity contribution in [2.45, 2.75) is 19.9 Å². The van der Waals surface area contributed by atoms with Gasteiger partial charge in [-0.15, -0.1) is 0 Å². The Balaban J connectivity index is 1.73. The van der Waals surface area contributed by atoms with Crippen molar-refractivity contribution < 1.29 is 23.9 Å². The number of rotatable bonds is 9. The summed E-state index contributed by atoms with van der Waals surface area (Å²) in [6.07, 6.45) is 0. The van der Waals surface area contributed by atoms with E-state index in [9.17, 15) is 14.4 Å². The van der Waals surface area contributed by atoms with Gasteiger partial charge in [-0.25, -0.2) is 0 Å². The Morgan fingerprint density at radius 3 is 2.00 bits per heavy atom. The number of hydrogen-bond acceptors (Lipinski definition) is 6. The third kappa shape index (κ3) is 5.46. The van der Waals surface area contributed by atoms with E-state index in [2.05, 4.69) is 0 Å². The maximum absolute atomic E-state index is 12.5. The summed E-state index contributed by atoms with van der Waals surface area (Å²) in [5.74, 6) is -0.980. The van der Waals surface area contributed by atoms with E-state index in [0.717, 1.165) is 21.9 Å². The third-order valence-corrected chi connectivity index (χ3v) is 5.31. The van der Waals surface area contributed by atoms with Crippen LogP contribution in [0.2, 0.25) is 0 Å². The van der Waals surface area contributed by atoms with Gasteiger partial charge in [0.1, 0.15) is 12.6 Å². The fraction of sp³-hybridized carbons (Fsp3) is 0.269. The van der Waals surface area contributed by atoms with Gasteiger partial charge in [-0.3, -0.25) is 14.4 Å². The number of Topliss-reactive ketones (excluding diaryl/α,β-unsaturated/α-hetero) is 2. The molecule has 0 saturated carbocycles. The predicted octanol–water partition coefficient (Wildman–Crippen LogP) is 4.05. The van der Waals surface area contributed by atoms with Crippen LogP contribution in [0, 0.1) is 5.92 Å². The quantitative estimate of drug-likeness (QED) is 0.404. The molecule has 2 N–H and O–H groups in total. The Morgan fingerprint density at radius 2 is 1.34 bits per heavy atom. The monoisotopic (exact) mass is 433 g/mol. The number of carbonyl (C=O) groups excluding carboxylic acids is 3. The van der Waals surface area contributed by atoms with Crippen LogP contribution in [0.25, 0.3) is 21.9 Å². The highest BCUT2D eigenvalue weighted by atomic mass is 16.5. The first-order valence-corrected chi connectivity index (χ1v) is 10.4. The molecule has 0 aliphatic heterocycles. The maximum atomic E-state index is 12.5. The largest absolute Gasteiger partial charge is 0.456 e. The van der Waals surface area contributed by atoms with Crippen LogP contribution in [-0.4, -0.2) is 43.9 Å². The van der Waals surface area contributed by atoms with Crippen LogP contribution >= 0.6 is 0 Å². The van der Waals surface area contributed by atoms with E-state index in [4.69, 9.17) is 15.2 Å². The van der Waals surface area contributed by atoms with Crippen LogP contribution in [0.3, 0.4) is 0 Å². The van der Waals surface area contributed by atoms with Gasteiger partial charge in [0, 0.05) is 18.2 Å². The molecule has 0 spiro atoms. The molecule has 0 aliphatic rings. The summed E-state index contributed by atoms with van der Waals surface area (Å²) < 4.78 is 9.96. The van der Waals surface area contributed by atoms with Gasteiger partial charge in [0.25, 0.3) is 0 Å². The molecule has 0 saturated heterocycles. The molecule has 3 aromatic rings. The summed E-state index contributed by atoms with van der Waals surface area (Å²) in [7, 11) is 1.50. The lowest BCUT2D eigenvalue weighted by atomic mass is 9.98. The van der Waals surface area contributed by atoms with Crippen molar-refractivity contribution in [3.63, 3.8) is 0 Å². The van der Waals surface area contributed by atoms with Crippen LogP contribution < -0.4 is 5.73 Å². The van der Waals surface area contributed by atoms with Crippen molar-refractivity contribution in [1.29, 1.82) is 0 Å². The number of hydrogen-bond donors (Lipinski definition) is 1. The van der Waals surface area contributed by atoms with E-state index in [-0.39, 0.29) is 30.7 Å². The molecule has 166 valence electrons. The van der Waals surface area contributed by atoms with Crippen molar-refractivity contribution in [3.8, 4) is 11.1 Å². The lowest BCUT2D eigenvalue weighted by Crippen LogP contribution is -2.37. The van der Waals surface area contributed by atoms with Crippen LogP contribution in [-0.2, 0) is 14.3 Å². The Hall–Kier alpha value is -3.35. The first-order valence-electron chi connectivity index (χ1n) is 10.4. The van der Waals surface area contributed by atoms with Gasteiger partial charge in [-0.1, -0.05) is 62.4 Å². The summed E-state index contributed by atoms with van der Waals surface area (Å²) in [6, 6.07) is 17.9. The van der Waals surface area contributed by atoms with Crippen LogP contribution in [0.5, 0.6) is 0 Å². The van der Waals surface area contributed by atoms with Gasteiger partial charge in [0.15, 0.2) is 18.2 Å². The maximum Gasteiger partial charge on any atom is 0.323 e. The first-order chi connectivity index (χ1) is 15.3. The highest BCUT2D eigenvalue weighted by Crippen LogP contribution is 2.26. The molecule has 0 amide bonds. The Labute approximate surface area is 187 Å². The lowest BCUT2D eigenvalue weighted by Gasteiger charge is -2.14. The second-order valence-corrected chi connectivity index (χ2v) is 8.01. The molecule has 3 aromatic carbocycles. The smallest absolute Gasteiger partial charge is 0.323 e. The van der Waals surface area contributed by atoms with E-state index in [1.165, 1.54) is 7.11 Å². The predicted molar refractivity (Wildman–Crippen MR) is 124 cm³/mol.